The third-order valence-electron chi connectivity index (χ3n) is 10.2. The molecule has 0 radical (unpaired) electrons. The normalized spacial score (nSPS) is 15.7. The van der Waals surface area contributed by atoms with Crippen LogP contribution >= 0.6 is 0 Å². The Labute approximate surface area is 248 Å². The molecule has 1 aliphatic carbocycles. The van der Waals surface area contributed by atoms with Crippen LogP contribution in [0.4, 0.5) is 8.78 Å². The first-order valence-electron chi connectivity index (χ1n) is 15.0. The summed E-state index contributed by atoms with van der Waals surface area (Å²) in [5.41, 5.74) is 15.4. The van der Waals surface area contributed by atoms with Gasteiger partial charge in [0.15, 0.2) is 0 Å². The molecule has 1 unspecified atom stereocenters. The highest BCUT2D eigenvalue weighted by atomic mass is 19.1. The molecule has 2 aliphatic heterocycles. The van der Waals surface area contributed by atoms with E-state index in [9.17, 15) is 4.39 Å². The van der Waals surface area contributed by atoms with Crippen molar-refractivity contribution in [3.8, 4) is 27.9 Å². The lowest BCUT2D eigenvalue weighted by Gasteiger charge is -2.34. The summed E-state index contributed by atoms with van der Waals surface area (Å²) in [6.07, 6.45) is 1.84. The summed E-state index contributed by atoms with van der Waals surface area (Å²) in [5, 5.41) is 2.44. The lowest BCUT2D eigenvalue weighted by atomic mass is 9.33. The third-order valence-corrected chi connectivity index (χ3v) is 10.2. The maximum atomic E-state index is 15.3. The molecule has 1 atom stereocenters. The number of hydrogen-bond acceptors (Lipinski definition) is 0. The Morgan fingerprint density at radius 1 is 0.674 bits per heavy atom. The predicted octanol–water partition coefficient (Wildman–Crippen LogP) is 7.62. The van der Waals surface area contributed by atoms with E-state index in [1.165, 1.54) is 66.6 Å². The summed E-state index contributed by atoms with van der Waals surface area (Å²) < 4.78 is 31.7. The SMILES string of the molecule is Fc1ccc(-c2cc3c4c(c2)-n2c5ccccc5c5cccc(c52)B4c2cccc4c2C(CC3)c2ccccc2-4)c(F)c1. The van der Waals surface area contributed by atoms with Gasteiger partial charge in [-0.2, -0.15) is 0 Å². The number of nitrogens with zero attached hydrogens (tertiary/aromatic N) is 1. The first-order chi connectivity index (χ1) is 21.2. The Hall–Kier alpha value is -4.96. The van der Waals surface area contributed by atoms with Crippen LogP contribution in [0.25, 0.3) is 49.7 Å². The Kier molecular flexibility index (Phi) is 4.57. The Morgan fingerprint density at radius 2 is 1.47 bits per heavy atom. The molecule has 4 heteroatoms. The summed E-state index contributed by atoms with van der Waals surface area (Å²) in [6.45, 7) is 0.0460. The van der Waals surface area contributed by atoms with Crippen LogP contribution in [0.2, 0.25) is 0 Å². The van der Waals surface area contributed by atoms with Gasteiger partial charge in [0.2, 0.25) is 6.71 Å². The highest BCUT2D eigenvalue weighted by Crippen LogP contribution is 2.47. The van der Waals surface area contributed by atoms with Gasteiger partial charge in [-0.05, 0) is 81.4 Å². The third kappa shape index (κ3) is 3.01. The molecule has 202 valence electrons. The zero-order chi connectivity index (χ0) is 28.4. The average Bonchev–Trinajstić information content (AvgIpc) is 3.54. The van der Waals surface area contributed by atoms with Crippen LogP contribution in [0.5, 0.6) is 0 Å². The van der Waals surface area contributed by atoms with Crippen molar-refractivity contribution in [3.63, 3.8) is 0 Å². The summed E-state index contributed by atoms with van der Waals surface area (Å²) in [4.78, 5) is 0. The van der Waals surface area contributed by atoms with E-state index in [1.54, 1.807) is 6.07 Å². The predicted molar refractivity (Wildman–Crippen MR) is 173 cm³/mol. The molecular formula is C39H24BF2N. The molecule has 0 saturated carbocycles. The molecular weight excluding hydrogens is 531 g/mol. The zero-order valence-corrected chi connectivity index (χ0v) is 23.2. The number of hydrogen-bond donors (Lipinski definition) is 0. The first-order valence-corrected chi connectivity index (χ1v) is 15.0. The highest BCUT2D eigenvalue weighted by molar-refractivity contribution is 6.98. The van der Waals surface area contributed by atoms with Gasteiger partial charge in [0.1, 0.15) is 11.6 Å². The molecule has 3 heterocycles. The lowest BCUT2D eigenvalue weighted by molar-refractivity contribution is 0.585. The average molecular weight is 555 g/mol. The molecule has 10 rings (SSSR count). The van der Waals surface area contributed by atoms with Gasteiger partial charge in [-0.25, -0.2) is 8.78 Å². The van der Waals surface area contributed by atoms with Gasteiger partial charge in [-0.15, -0.1) is 0 Å². The van der Waals surface area contributed by atoms with E-state index >= 15 is 4.39 Å². The van der Waals surface area contributed by atoms with Crippen molar-refractivity contribution in [2.24, 2.45) is 0 Å². The van der Waals surface area contributed by atoms with E-state index in [-0.39, 0.29) is 6.71 Å². The van der Waals surface area contributed by atoms with Gasteiger partial charge in [0, 0.05) is 39.5 Å². The van der Waals surface area contributed by atoms with Crippen LogP contribution < -0.4 is 16.4 Å². The number of fused-ring (bicyclic) bond motifs is 9. The second kappa shape index (κ2) is 8.32. The van der Waals surface area contributed by atoms with Gasteiger partial charge in [0.05, 0.1) is 5.52 Å². The van der Waals surface area contributed by atoms with Crippen molar-refractivity contribution in [1.29, 1.82) is 0 Å². The number of halogens is 2. The maximum Gasteiger partial charge on any atom is 0.247 e. The van der Waals surface area contributed by atoms with Crippen molar-refractivity contribution in [2.75, 3.05) is 0 Å². The van der Waals surface area contributed by atoms with Gasteiger partial charge >= 0.3 is 0 Å². The fourth-order valence-corrected chi connectivity index (χ4v) is 8.57. The van der Waals surface area contributed by atoms with Gasteiger partial charge < -0.3 is 4.57 Å². The van der Waals surface area contributed by atoms with Crippen molar-refractivity contribution < 1.29 is 8.78 Å². The lowest BCUT2D eigenvalue weighted by Crippen LogP contribution is -2.58. The molecule has 0 spiro atoms. The molecule has 0 amide bonds. The van der Waals surface area contributed by atoms with Crippen molar-refractivity contribution in [3.05, 3.63) is 144 Å². The molecule has 7 aromatic rings. The second-order valence-electron chi connectivity index (χ2n) is 12.2. The minimum absolute atomic E-state index is 0.0460. The van der Waals surface area contributed by atoms with E-state index in [1.807, 2.05) is 0 Å². The topological polar surface area (TPSA) is 4.93 Å². The molecule has 1 aromatic heterocycles. The van der Waals surface area contributed by atoms with Gasteiger partial charge in [0.25, 0.3) is 0 Å². The second-order valence-corrected chi connectivity index (χ2v) is 12.2. The molecule has 0 fully saturated rings. The summed E-state index contributed by atoms with van der Waals surface area (Å²) >= 11 is 0. The van der Waals surface area contributed by atoms with E-state index in [4.69, 9.17) is 0 Å². The number of aryl methyl sites for hydroxylation is 1. The molecule has 6 aromatic carbocycles. The standard InChI is InChI=1S/C39H24BF2N/c41-24-16-18-25(34(42)21-24)23-19-22-15-17-30-27-8-2-1-7-26(27)29-10-5-12-32(37(29)30)40-33-13-6-11-31-28-9-3-4-14-35(28)43(39(31)33)36(20-23)38(22)40/h1-14,16,18-21,30H,15,17H2. The van der Waals surface area contributed by atoms with E-state index in [0.29, 0.717) is 11.5 Å². The fraction of sp³-hybridized carbons (Fsp3) is 0.0769. The van der Waals surface area contributed by atoms with E-state index < -0.39 is 11.6 Å². The van der Waals surface area contributed by atoms with Gasteiger partial charge in [-0.3, -0.25) is 0 Å². The zero-order valence-electron chi connectivity index (χ0n) is 23.2. The van der Waals surface area contributed by atoms with Crippen LogP contribution in [0, 0.1) is 11.6 Å². The van der Waals surface area contributed by atoms with Crippen LogP contribution in [0.3, 0.4) is 0 Å². The van der Waals surface area contributed by atoms with Crippen molar-refractivity contribution in [1.82, 2.24) is 4.57 Å². The monoisotopic (exact) mass is 555 g/mol. The minimum atomic E-state index is -0.562. The van der Waals surface area contributed by atoms with Crippen molar-refractivity contribution in [2.45, 2.75) is 18.8 Å². The number of para-hydroxylation sites is 2. The van der Waals surface area contributed by atoms with E-state index in [2.05, 4.69) is 102 Å². The molecule has 0 N–H and O–H groups in total. The highest BCUT2D eigenvalue weighted by Gasteiger charge is 2.41. The quantitative estimate of drug-likeness (QED) is 0.184. The number of aromatic nitrogens is 1. The number of benzene rings is 6. The smallest absolute Gasteiger partial charge is 0.247 e. The minimum Gasteiger partial charge on any atom is -0.310 e. The molecule has 3 aliphatic rings. The summed E-state index contributed by atoms with van der Waals surface area (Å²) in [6, 6.07) is 39.3. The van der Waals surface area contributed by atoms with Crippen LogP contribution in [0.15, 0.2) is 115 Å². The first kappa shape index (κ1) is 23.6. The van der Waals surface area contributed by atoms with Crippen LogP contribution in [-0.4, -0.2) is 11.3 Å². The Morgan fingerprint density at radius 3 is 2.40 bits per heavy atom. The van der Waals surface area contributed by atoms with Crippen LogP contribution in [-0.2, 0) is 6.42 Å². The van der Waals surface area contributed by atoms with Gasteiger partial charge in [-0.1, -0.05) is 90.4 Å². The molecule has 0 saturated heterocycles. The Bertz CT molecular complexity index is 2350. The fourth-order valence-electron chi connectivity index (χ4n) is 8.57. The maximum absolute atomic E-state index is 15.3. The summed E-state index contributed by atoms with van der Waals surface area (Å²) in [5.74, 6) is -0.793. The van der Waals surface area contributed by atoms with Crippen LogP contribution in [0.1, 0.15) is 29.0 Å². The number of rotatable bonds is 1. The molecule has 43 heavy (non-hydrogen) atoms. The molecule has 1 nitrogen and oxygen atoms in total. The largest absolute Gasteiger partial charge is 0.310 e. The Balaban J connectivity index is 1.37. The van der Waals surface area contributed by atoms with E-state index in [0.717, 1.165) is 35.7 Å². The molecule has 0 bridgehead atoms. The van der Waals surface area contributed by atoms with Crippen molar-refractivity contribution >= 4 is 44.9 Å². The summed E-state index contributed by atoms with van der Waals surface area (Å²) in [7, 11) is 0.